The number of anilines is 1. The molecule has 0 bridgehead atoms. The Morgan fingerprint density at radius 3 is 2.23 bits per heavy atom. The third-order valence-corrected chi connectivity index (χ3v) is 8.37. The van der Waals surface area contributed by atoms with Gasteiger partial charge in [-0.3, -0.25) is 9.10 Å². The van der Waals surface area contributed by atoms with Crippen molar-refractivity contribution in [2.75, 3.05) is 18.0 Å². The van der Waals surface area contributed by atoms with Gasteiger partial charge in [0.05, 0.1) is 30.3 Å². The number of ether oxygens (including phenoxy) is 2. The molecule has 0 aliphatic carbocycles. The number of carbonyl (C=O) groups is 1. The molecule has 1 atom stereocenters. The number of rotatable bonds is 11. The average molecular weight is 579 g/mol. The molecule has 4 rings (SSSR count). The van der Waals surface area contributed by atoms with Gasteiger partial charge < -0.3 is 14.8 Å². The summed E-state index contributed by atoms with van der Waals surface area (Å²) in [6, 6.07) is 27.6. The van der Waals surface area contributed by atoms with E-state index in [1.165, 1.54) is 4.31 Å². The molecule has 4 aromatic carbocycles. The van der Waals surface area contributed by atoms with Gasteiger partial charge in [-0.05, 0) is 74.0 Å². The van der Waals surface area contributed by atoms with Gasteiger partial charge in [0.25, 0.3) is 15.9 Å². The van der Waals surface area contributed by atoms with Crippen molar-refractivity contribution in [3.63, 3.8) is 0 Å². The van der Waals surface area contributed by atoms with Crippen molar-refractivity contribution < 1.29 is 22.7 Å². The van der Waals surface area contributed by atoms with Crippen LogP contribution in [0.15, 0.2) is 102 Å². The van der Waals surface area contributed by atoms with E-state index in [0.717, 1.165) is 16.7 Å². The summed E-state index contributed by atoms with van der Waals surface area (Å²) in [6.45, 7) is 3.68. The number of nitrogens with one attached hydrogen (secondary N) is 1. The maximum absolute atomic E-state index is 13.7. The minimum absolute atomic E-state index is 0.108. The molecule has 0 aliphatic heterocycles. The normalized spacial score (nSPS) is 11.9. The molecule has 1 N–H and O–H groups in total. The van der Waals surface area contributed by atoms with Crippen LogP contribution in [0.2, 0.25) is 5.02 Å². The molecular formula is C31H31ClN2O5S. The number of sulfonamides is 1. The number of benzene rings is 4. The molecule has 0 fully saturated rings. The molecule has 0 aromatic heterocycles. The summed E-state index contributed by atoms with van der Waals surface area (Å²) in [4.78, 5) is 12.7. The molecule has 40 heavy (non-hydrogen) atoms. The first-order chi connectivity index (χ1) is 19.2. The molecule has 208 valence electrons. The molecule has 7 nitrogen and oxygen atoms in total. The van der Waals surface area contributed by atoms with E-state index in [0.29, 0.717) is 22.2 Å². The van der Waals surface area contributed by atoms with Gasteiger partial charge in [0, 0.05) is 10.6 Å². The molecule has 0 unspecified atom stereocenters. The molecule has 1 amide bonds. The van der Waals surface area contributed by atoms with Crippen LogP contribution >= 0.6 is 11.6 Å². The summed E-state index contributed by atoms with van der Waals surface area (Å²) in [7, 11) is -2.29. The van der Waals surface area contributed by atoms with Crippen LogP contribution in [0.5, 0.6) is 11.5 Å². The van der Waals surface area contributed by atoms with Crippen molar-refractivity contribution >= 4 is 33.2 Å². The molecule has 0 aliphatic rings. The summed E-state index contributed by atoms with van der Waals surface area (Å²) < 4.78 is 39.8. The molecule has 0 saturated carbocycles. The zero-order valence-corrected chi connectivity index (χ0v) is 24.1. The fraction of sp³-hybridized carbons (Fsp3) is 0.194. The van der Waals surface area contributed by atoms with Crippen LogP contribution in [0.4, 0.5) is 5.69 Å². The quantitative estimate of drug-likeness (QED) is 0.225. The second-order valence-corrected chi connectivity index (χ2v) is 11.6. The second-order valence-electron chi connectivity index (χ2n) is 9.26. The van der Waals surface area contributed by atoms with E-state index < -0.39 is 10.0 Å². The Bertz CT molecular complexity index is 1540. The maximum atomic E-state index is 13.7. The Balaban J connectivity index is 1.48. The number of amides is 1. The standard InChI is InChI=1S/C31H31ClN2O5S/c1-22-8-18-28(19-9-22)40(36,37)34(20-24-10-12-25(32)13-11-24)26-14-16-27(17-15-26)39-21-31(35)33-23(2)29-6-4-5-7-30(29)38-3/h4-19,23H,20-21H2,1-3H3,(H,33,35)/t23-/m0/s1. The van der Waals surface area contributed by atoms with Crippen LogP contribution in [0.25, 0.3) is 0 Å². The topological polar surface area (TPSA) is 84.9 Å². The number of aryl methyl sites for hydroxylation is 1. The van der Waals surface area contributed by atoms with Gasteiger partial charge >= 0.3 is 0 Å². The first-order valence-corrected chi connectivity index (χ1v) is 14.5. The molecule has 9 heteroatoms. The summed E-state index contributed by atoms with van der Waals surface area (Å²) in [5, 5.41) is 3.47. The number of methoxy groups -OCH3 is 1. The molecule has 0 heterocycles. The molecule has 4 aromatic rings. The number of hydrogen-bond acceptors (Lipinski definition) is 5. The van der Waals surface area contributed by atoms with E-state index in [-0.39, 0.29) is 30.0 Å². The zero-order chi connectivity index (χ0) is 28.7. The van der Waals surface area contributed by atoms with Crippen molar-refractivity contribution in [1.82, 2.24) is 5.32 Å². The van der Waals surface area contributed by atoms with Crippen LogP contribution in [0.1, 0.15) is 29.7 Å². The lowest BCUT2D eigenvalue weighted by molar-refractivity contribution is -0.123. The van der Waals surface area contributed by atoms with Crippen LogP contribution in [-0.4, -0.2) is 28.0 Å². The number of carbonyl (C=O) groups excluding carboxylic acids is 1. The van der Waals surface area contributed by atoms with E-state index in [9.17, 15) is 13.2 Å². The van der Waals surface area contributed by atoms with Crippen LogP contribution < -0.4 is 19.1 Å². The van der Waals surface area contributed by atoms with Crippen molar-refractivity contribution in [1.29, 1.82) is 0 Å². The zero-order valence-electron chi connectivity index (χ0n) is 22.5. The first-order valence-electron chi connectivity index (χ1n) is 12.7. The monoisotopic (exact) mass is 578 g/mol. The van der Waals surface area contributed by atoms with E-state index >= 15 is 0 Å². The Morgan fingerprint density at radius 1 is 0.925 bits per heavy atom. The number of halogens is 1. The van der Waals surface area contributed by atoms with Gasteiger partial charge in [0.15, 0.2) is 6.61 Å². The largest absolute Gasteiger partial charge is 0.496 e. The Morgan fingerprint density at radius 2 is 1.57 bits per heavy atom. The highest BCUT2D eigenvalue weighted by atomic mass is 35.5. The Hall–Kier alpha value is -4.01. The minimum atomic E-state index is -3.88. The fourth-order valence-electron chi connectivity index (χ4n) is 4.15. The van der Waals surface area contributed by atoms with E-state index in [4.69, 9.17) is 21.1 Å². The molecular weight excluding hydrogens is 548 g/mol. The Labute approximate surface area is 240 Å². The third-order valence-electron chi connectivity index (χ3n) is 6.33. The molecule has 0 radical (unpaired) electrons. The summed E-state index contributed by atoms with van der Waals surface area (Å²) in [5.74, 6) is 0.826. The maximum Gasteiger partial charge on any atom is 0.264 e. The van der Waals surface area contributed by atoms with Gasteiger partial charge in [-0.1, -0.05) is 59.6 Å². The first kappa shape index (κ1) is 29.0. The van der Waals surface area contributed by atoms with Crippen molar-refractivity contribution in [2.24, 2.45) is 0 Å². The highest BCUT2D eigenvalue weighted by Gasteiger charge is 2.25. The smallest absolute Gasteiger partial charge is 0.264 e. The van der Waals surface area contributed by atoms with Crippen molar-refractivity contribution in [3.05, 3.63) is 119 Å². The molecule has 0 saturated heterocycles. The van der Waals surface area contributed by atoms with Crippen LogP contribution in [-0.2, 0) is 21.4 Å². The van der Waals surface area contributed by atoms with Gasteiger partial charge in [-0.25, -0.2) is 8.42 Å². The summed E-state index contributed by atoms with van der Waals surface area (Å²) >= 11 is 6.03. The van der Waals surface area contributed by atoms with Crippen LogP contribution in [0.3, 0.4) is 0 Å². The van der Waals surface area contributed by atoms with Crippen molar-refractivity contribution in [3.8, 4) is 11.5 Å². The second kappa shape index (κ2) is 12.9. The van der Waals surface area contributed by atoms with Gasteiger partial charge in [0.2, 0.25) is 0 Å². The summed E-state index contributed by atoms with van der Waals surface area (Å²) in [5.41, 5.74) is 3.06. The van der Waals surface area contributed by atoms with Crippen LogP contribution in [0, 0.1) is 6.92 Å². The lowest BCUT2D eigenvalue weighted by atomic mass is 10.1. The minimum Gasteiger partial charge on any atom is -0.496 e. The van der Waals surface area contributed by atoms with Gasteiger partial charge in [0.1, 0.15) is 11.5 Å². The number of hydrogen-bond donors (Lipinski definition) is 1. The van der Waals surface area contributed by atoms with Gasteiger partial charge in [-0.15, -0.1) is 0 Å². The fourth-order valence-corrected chi connectivity index (χ4v) is 5.73. The van der Waals surface area contributed by atoms with Crippen molar-refractivity contribution in [2.45, 2.75) is 31.3 Å². The lowest BCUT2D eigenvalue weighted by Crippen LogP contribution is -2.31. The highest BCUT2D eigenvalue weighted by Crippen LogP contribution is 2.29. The van der Waals surface area contributed by atoms with E-state index in [1.54, 1.807) is 79.9 Å². The predicted octanol–water partition coefficient (Wildman–Crippen LogP) is 6.31. The third kappa shape index (κ3) is 7.14. The predicted molar refractivity (Wildman–Crippen MR) is 157 cm³/mol. The lowest BCUT2D eigenvalue weighted by Gasteiger charge is -2.25. The molecule has 0 spiro atoms. The average Bonchev–Trinajstić information content (AvgIpc) is 2.96. The highest BCUT2D eigenvalue weighted by molar-refractivity contribution is 7.92. The van der Waals surface area contributed by atoms with E-state index in [2.05, 4.69) is 5.32 Å². The van der Waals surface area contributed by atoms with Gasteiger partial charge in [-0.2, -0.15) is 0 Å². The number of para-hydroxylation sites is 1. The van der Waals surface area contributed by atoms with E-state index in [1.807, 2.05) is 38.1 Å². The summed E-state index contributed by atoms with van der Waals surface area (Å²) in [6.07, 6.45) is 0. The number of nitrogens with zero attached hydrogens (tertiary/aromatic N) is 1. The Kier molecular flexibility index (Phi) is 9.34. The SMILES string of the molecule is COc1ccccc1[C@H](C)NC(=O)COc1ccc(N(Cc2ccc(Cl)cc2)S(=O)(=O)c2ccc(C)cc2)cc1.